The van der Waals surface area contributed by atoms with Crippen molar-refractivity contribution in [3.8, 4) is 9.47 Å². The van der Waals surface area contributed by atoms with Gasteiger partial charge < -0.3 is 17.3 Å². The van der Waals surface area contributed by atoms with Gasteiger partial charge in [-0.15, -0.1) is 0 Å². The average molecular weight is 472 g/mol. The van der Waals surface area contributed by atoms with Crippen LogP contribution in [0.3, 0.4) is 0 Å². The molecule has 0 unspecified atom stereocenters. The average Bonchev–Trinajstić information content (AvgIpc) is 2.28. The Morgan fingerprint density at radius 3 is 1.67 bits per heavy atom. The summed E-state index contributed by atoms with van der Waals surface area (Å²) < 4.78 is 44.1. The van der Waals surface area contributed by atoms with Crippen molar-refractivity contribution in [2.75, 3.05) is 0 Å². The molecule has 1 aromatic carbocycles. The second-order valence-electron chi connectivity index (χ2n) is 7.40. The fourth-order valence-electron chi connectivity index (χ4n) is 1.69. The molecule has 136 valence electrons. The van der Waals surface area contributed by atoms with Crippen LogP contribution in [0, 0.1) is 33.8 Å². The maximum absolute atomic E-state index is 9.75. The lowest BCUT2D eigenvalue weighted by Crippen LogP contribution is -3.60. The Morgan fingerprint density at radius 2 is 1.33 bits per heavy atom. The number of aryl methyl sites for hydroxylation is 3. The lowest BCUT2D eigenvalue weighted by atomic mass is 10.1. The van der Waals surface area contributed by atoms with Crippen LogP contribution in [0.15, 0.2) is 12.1 Å². The van der Waals surface area contributed by atoms with Gasteiger partial charge in [0.15, 0.2) is 3.93 Å². The first-order chi connectivity index (χ1) is 10.5. The molecule has 0 radical (unpaired) electrons. The van der Waals surface area contributed by atoms with E-state index in [0.717, 1.165) is 0 Å². The molecule has 1 rings (SSSR count). The maximum Gasteiger partial charge on any atom is 0.673 e. The minimum absolute atomic E-state index is 0.170. The molecule has 0 N–H and O–H groups in total. The van der Waals surface area contributed by atoms with E-state index in [9.17, 15) is 17.3 Å². The van der Waals surface area contributed by atoms with Gasteiger partial charge >= 0.3 is 28.5 Å². The zero-order valence-electron chi connectivity index (χ0n) is 15.6. The molecule has 0 fully saturated rings. The van der Waals surface area contributed by atoms with Gasteiger partial charge in [-0.05, 0) is 25.8 Å². The quantitative estimate of drug-likeness (QED) is 0.255. The Balaban J connectivity index is 0.000000922. The molecule has 0 spiro atoms. The topological polar surface area (TPSA) is 0 Å². The number of rotatable bonds is 1. The van der Waals surface area contributed by atoms with E-state index in [4.69, 9.17) is 0 Å². The molecule has 0 saturated heterocycles. The highest BCUT2D eigenvalue weighted by Crippen LogP contribution is 2.34. The van der Waals surface area contributed by atoms with Gasteiger partial charge in [0.05, 0.1) is 0 Å². The molecule has 0 aliphatic rings. The monoisotopic (exact) mass is 472 g/mol. The van der Waals surface area contributed by atoms with Gasteiger partial charge in [0, 0.05) is 11.1 Å². The summed E-state index contributed by atoms with van der Waals surface area (Å²) in [4.78, 5) is 0. The van der Waals surface area contributed by atoms with Gasteiger partial charge in [-0.25, -0.2) is 0 Å². The molecular weight excluding hydrogens is 446 g/mol. The largest absolute Gasteiger partial charge is 0.673 e. The highest BCUT2D eigenvalue weighted by atomic mass is 127. The molecule has 0 aromatic heterocycles. The first-order valence-electron chi connectivity index (χ1n) is 7.66. The second kappa shape index (κ2) is 8.75. The molecule has 1 aromatic rings. The van der Waals surface area contributed by atoms with Crippen molar-refractivity contribution in [2.24, 2.45) is 0 Å². The van der Waals surface area contributed by atoms with Crippen LogP contribution in [0.4, 0.5) is 17.3 Å². The van der Waals surface area contributed by atoms with Gasteiger partial charge in [0.1, 0.15) is 8.07 Å². The third-order valence-corrected chi connectivity index (χ3v) is 11.7. The van der Waals surface area contributed by atoms with Crippen LogP contribution < -0.4 is 21.2 Å². The highest BCUT2D eigenvalue weighted by molar-refractivity contribution is 6.87. The fourth-order valence-corrected chi connectivity index (χ4v) is 6.21. The van der Waals surface area contributed by atoms with Crippen LogP contribution in [0.1, 0.15) is 37.5 Å². The number of benzene rings is 1. The Bertz CT molecular complexity index is 593. The molecule has 0 atom stereocenters. The predicted molar refractivity (Wildman–Crippen MR) is 94.5 cm³/mol. The number of hydrogen-bond donors (Lipinski definition) is 0. The standard InChI is InChI=1S/C17H26ISi.BF4/c1-13-11-14(2)16(15(3)12-13)18-9-10-19(7,8)17(4,5)6;2-1(3,4)5/h11-12H,1-8H3;/q+1;-1. The van der Waals surface area contributed by atoms with E-state index in [-0.39, 0.29) is 21.2 Å². The third-order valence-electron chi connectivity index (χ3n) is 3.96. The molecule has 24 heavy (non-hydrogen) atoms. The molecule has 0 aliphatic carbocycles. The van der Waals surface area contributed by atoms with Gasteiger partial charge in [-0.1, -0.05) is 57.1 Å². The van der Waals surface area contributed by atoms with Crippen molar-refractivity contribution in [1.29, 1.82) is 0 Å². The Hall–Kier alpha value is -0.488. The smallest absolute Gasteiger partial charge is 0.418 e. The van der Waals surface area contributed by atoms with E-state index in [0.29, 0.717) is 5.04 Å². The van der Waals surface area contributed by atoms with Crippen molar-refractivity contribution in [3.05, 3.63) is 32.4 Å². The van der Waals surface area contributed by atoms with Crippen molar-refractivity contribution in [1.82, 2.24) is 0 Å². The Kier molecular flexibility index (Phi) is 8.57. The van der Waals surface area contributed by atoms with E-state index in [1.54, 1.807) is 0 Å². The Morgan fingerprint density at radius 1 is 0.958 bits per heavy atom. The van der Waals surface area contributed by atoms with Crippen LogP contribution in [-0.2, 0) is 0 Å². The summed E-state index contributed by atoms with van der Waals surface area (Å²) in [5.74, 6) is 0. The van der Waals surface area contributed by atoms with E-state index in [1.807, 2.05) is 0 Å². The highest BCUT2D eigenvalue weighted by Gasteiger charge is 2.34. The van der Waals surface area contributed by atoms with E-state index in [1.165, 1.54) is 20.3 Å². The summed E-state index contributed by atoms with van der Waals surface area (Å²) in [6.07, 6.45) is 0. The molecule has 0 nitrogen and oxygen atoms in total. The minimum Gasteiger partial charge on any atom is -0.418 e. The zero-order chi connectivity index (χ0) is 19.3. The first kappa shape index (κ1) is 23.5. The van der Waals surface area contributed by atoms with Crippen molar-refractivity contribution >= 4 is 15.3 Å². The summed E-state index contributed by atoms with van der Waals surface area (Å²) >= 11 is -0.170. The maximum atomic E-state index is 9.75. The summed E-state index contributed by atoms with van der Waals surface area (Å²) in [5.41, 5.74) is 7.87. The summed E-state index contributed by atoms with van der Waals surface area (Å²) in [6.45, 7) is 18.4. The van der Waals surface area contributed by atoms with Crippen molar-refractivity contribution in [3.63, 3.8) is 0 Å². The fraction of sp³-hybridized carbons (Fsp3) is 0.529. The van der Waals surface area contributed by atoms with E-state index >= 15 is 0 Å². The molecule has 0 saturated carbocycles. The number of halogens is 5. The summed E-state index contributed by atoms with van der Waals surface area (Å²) in [6, 6.07) is 4.58. The van der Waals surface area contributed by atoms with Crippen LogP contribution in [-0.4, -0.2) is 15.3 Å². The van der Waals surface area contributed by atoms with Gasteiger partial charge in [0.2, 0.25) is 3.57 Å². The SMILES string of the molecule is Cc1cc(C)c([I+]C#C[Si](C)(C)C(C)(C)C)c(C)c1.F[B-](F)(F)F. The van der Waals surface area contributed by atoms with Gasteiger partial charge in [-0.2, -0.15) is 0 Å². The minimum atomic E-state index is -6.00. The Labute approximate surface area is 155 Å². The molecule has 7 heteroatoms. The molecule has 0 bridgehead atoms. The van der Waals surface area contributed by atoms with Crippen LogP contribution >= 0.6 is 0 Å². The first-order valence-corrected chi connectivity index (χ1v) is 12.8. The van der Waals surface area contributed by atoms with Crippen LogP contribution in [0.2, 0.25) is 18.1 Å². The number of hydrogen-bond acceptors (Lipinski definition) is 0. The normalized spacial score (nSPS) is 12.0. The van der Waals surface area contributed by atoms with Gasteiger partial charge in [0.25, 0.3) is 0 Å². The van der Waals surface area contributed by atoms with Crippen LogP contribution in [0.5, 0.6) is 0 Å². The van der Waals surface area contributed by atoms with Crippen LogP contribution in [0.25, 0.3) is 0 Å². The van der Waals surface area contributed by atoms with E-state index < -0.39 is 15.3 Å². The predicted octanol–water partition coefficient (Wildman–Crippen LogP) is 3.18. The zero-order valence-corrected chi connectivity index (χ0v) is 18.8. The van der Waals surface area contributed by atoms with Crippen molar-refractivity contribution in [2.45, 2.75) is 59.7 Å². The summed E-state index contributed by atoms with van der Waals surface area (Å²) in [7, 11) is -7.44. The third kappa shape index (κ3) is 9.11. The summed E-state index contributed by atoms with van der Waals surface area (Å²) in [5, 5.41) is 0.362. The van der Waals surface area contributed by atoms with Crippen molar-refractivity contribution < 1.29 is 38.5 Å². The second-order valence-corrected chi connectivity index (χ2v) is 14.6. The van der Waals surface area contributed by atoms with E-state index in [2.05, 4.69) is 76.2 Å². The lowest BCUT2D eigenvalue weighted by Gasteiger charge is -2.30. The molecule has 0 amide bonds. The molecule has 0 aliphatic heterocycles. The van der Waals surface area contributed by atoms with Gasteiger partial charge in [-0.3, -0.25) is 0 Å². The molecule has 0 heterocycles. The lowest BCUT2D eigenvalue weighted by molar-refractivity contribution is -0.536. The molecular formula is C17H26BF4ISi.